The van der Waals surface area contributed by atoms with Crippen molar-refractivity contribution in [2.24, 2.45) is 0 Å². The largest absolute Gasteiger partial charge is 0.370 e. The van der Waals surface area contributed by atoms with Crippen molar-refractivity contribution in [2.75, 3.05) is 17.2 Å². The predicted molar refractivity (Wildman–Crippen MR) is 100 cm³/mol. The van der Waals surface area contributed by atoms with E-state index in [1.807, 2.05) is 42.5 Å². The van der Waals surface area contributed by atoms with Crippen LogP contribution in [-0.2, 0) is 6.42 Å². The van der Waals surface area contributed by atoms with E-state index in [-0.39, 0.29) is 0 Å². The van der Waals surface area contributed by atoms with E-state index < -0.39 is 0 Å². The second kappa shape index (κ2) is 8.13. The summed E-state index contributed by atoms with van der Waals surface area (Å²) in [5.41, 5.74) is 2.66. The molecule has 0 aliphatic heterocycles. The number of hydrogen-bond donors (Lipinski definition) is 2. The molecule has 2 N–H and O–H groups in total. The summed E-state index contributed by atoms with van der Waals surface area (Å²) in [7, 11) is 0. The van der Waals surface area contributed by atoms with Crippen molar-refractivity contribution in [1.29, 1.82) is 5.26 Å². The zero-order valence-corrected chi connectivity index (χ0v) is 14.2. The molecular weight excluding hydrogens is 334 g/mol. The third-order valence-corrected chi connectivity index (χ3v) is 3.81. The van der Waals surface area contributed by atoms with Gasteiger partial charge in [0, 0.05) is 23.5 Å². The molecule has 0 fully saturated rings. The van der Waals surface area contributed by atoms with E-state index in [9.17, 15) is 0 Å². The fourth-order valence-corrected chi connectivity index (χ4v) is 2.39. The minimum absolute atomic E-state index is 0.501. The van der Waals surface area contributed by atoms with E-state index in [1.165, 1.54) is 5.56 Å². The standard InChI is InChI=1S/C19H16ClN5/c20-16-5-1-14(2-6-16)9-11-22-18-10-12-23-19(25-18)24-17-7-3-15(13-21)4-8-17/h1-8,10,12H,9,11H2,(H2,22,23,24,25). The van der Waals surface area contributed by atoms with E-state index in [4.69, 9.17) is 16.9 Å². The number of benzene rings is 2. The molecule has 0 radical (unpaired) electrons. The van der Waals surface area contributed by atoms with Crippen LogP contribution in [0.25, 0.3) is 0 Å². The second-order valence-electron chi connectivity index (χ2n) is 5.38. The molecule has 0 bridgehead atoms. The molecule has 0 atom stereocenters. The molecule has 5 nitrogen and oxygen atoms in total. The Balaban J connectivity index is 1.57. The molecule has 6 heteroatoms. The maximum Gasteiger partial charge on any atom is 0.229 e. The molecule has 0 saturated carbocycles. The van der Waals surface area contributed by atoms with E-state index in [0.29, 0.717) is 11.5 Å². The molecule has 0 saturated heterocycles. The molecule has 1 aromatic heterocycles. The minimum Gasteiger partial charge on any atom is -0.370 e. The lowest BCUT2D eigenvalue weighted by Gasteiger charge is -2.08. The topological polar surface area (TPSA) is 73.6 Å². The molecule has 0 spiro atoms. The van der Waals surface area contributed by atoms with Crippen LogP contribution in [0, 0.1) is 11.3 Å². The third-order valence-electron chi connectivity index (χ3n) is 3.56. The molecule has 3 rings (SSSR count). The molecular formula is C19H16ClN5. The van der Waals surface area contributed by atoms with Crippen LogP contribution in [-0.4, -0.2) is 16.5 Å². The quantitative estimate of drug-likeness (QED) is 0.690. The predicted octanol–water partition coefficient (Wildman–Crippen LogP) is 4.40. The Morgan fingerprint density at radius 3 is 2.48 bits per heavy atom. The number of hydrogen-bond acceptors (Lipinski definition) is 5. The summed E-state index contributed by atoms with van der Waals surface area (Å²) >= 11 is 5.89. The first-order valence-corrected chi connectivity index (χ1v) is 8.19. The van der Waals surface area contributed by atoms with E-state index in [1.54, 1.807) is 18.3 Å². The molecule has 0 aliphatic rings. The van der Waals surface area contributed by atoms with Crippen molar-refractivity contribution < 1.29 is 0 Å². The summed E-state index contributed by atoms with van der Waals surface area (Å²) in [5.74, 6) is 1.25. The van der Waals surface area contributed by atoms with Crippen molar-refractivity contribution >= 4 is 29.1 Å². The number of rotatable bonds is 6. The highest BCUT2D eigenvalue weighted by Crippen LogP contribution is 2.15. The third kappa shape index (κ3) is 4.93. The van der Waals surface area contributed by atoms with Crippen LogP contribution >= 0.6 is 11.6 Å². The van der Waals surface area contributed by atoms with Gasteiger partial charge in [0.1, 0.15) is 5.82 Å². The van der Waals surface area contributed by atoms with Crippen LogP contribution in [0.2, 0.25) is 5.02 Å². The first kappa shape index (κ1) is 16.7. The van der Waals surface area contributed by atoms with Gasteiger partial charge in [-0.3, -0.25) is 0 Å². The highest BCUT2D eigenvalue weighted by atomic mass is 35.5. The summed E-state index contributed by atoms with van der Waals surface area (Å²) in [6.45, 7) is 0.759. The molecule has 124 valence electrons. The van der Waals surface area contributed by atoms with Gasteiger partial charge >= 0.3 is 0 Å². The lowest BCUT2D eigenvalue weighted by atomic mass is 10.1. The number of nitrogens with zero attached hydrogens (tertiary/aromatic N) is 3. The first-order valence-electron chi connectivity index (χ1n) is 7.81. The Morgan fingerprint density at radius 1 is 1.00 bits per heavy atom. The monoisotopic (exact) mass is 349 g/mol. The fourth-order valence-electron chi connectivity index (χ4n) is 2.26. The van der Waals surface area contributed by atoms with Crippen molar-refractivity contribution in [3.05, 3.63) is 76.9 Å². The summed E-state index contributed by atoms with van der Waals surface area (Å²) in [5, 5.41) is 16.0. The Labute approximate surface area is 151 Å². The Morgan fingerprint density at radius 2 is 1.76 bits per heavy atom. The van der Waals surface area contributed by atoms with Crippen LogP contribution in [0.5, 0.6) is 0 Å². The summed E-state index contributed by atoms with van der Waals surface area (Å²) in [6.07, 6.45) is 2.57. The Bertz CT molecular complexity index is 870. The molecule has 0 amide bonds. The Hall–Kier alpha value is -3.10. The van der Waals surface area contributed by atoms with Gasteiger partial charge < -0.3 is 10.6 Å². The van der Waals surface area contributed by atoms with E-state index in [0.717, 1.165) is 29.5 Å². The number of aromatic nitrogens is 2. The van der Waals surface area contributed by atoms with Crippen molar-refractivity contribution in [3.8, 4) is 6.07 Å². The molecule has 1 heterocycles. The number of anilines is 3. The van der Waals surface area contributed by atoms with Gasteiger partial charge in [-0.25, -0.2) is 4.98 Å². The van der Waals surface area contributed by atoms with Gasteiger partial charge in [-0.05, 0) is 54.4 Å². The number of halogens is 1. The first-order chi connectivity index (χ1) is 12.2. The SMILES string of the molecule is N#Cc1ccc(Nc2nccc(NCCc3ccc(Cl)cc3)n2)cc1. The van der Waals surface area contributed by atoms with Crippen LogP contribution in [0.15, 0.2) is 60.8 Å². The normalized spacial score (nSPS) is 10.1. The maximum absolute atomic E-state index is 8.82. The van der Waals surface area contributed by atoms with Crippen molar-refractivity contribution in [3.63, 3.8) is 0 Å². The van der Waals surface area contributed by atoms with E-state index in [2.05, 4.69) is 26.7 Å². The van der Waals surface area contributed by atoms with Crippen LogP contribution in [0.1, 0.15) is 11.1 Å². The minimum atomic E-state index is 0.501. The van der Waals surface area contributed by atoms with Gasteiger partial charge in [-0.2, -0.15) is 10.2 Å². The zero-order valence-electron chi connectivity index (χ0n) is 13.4. The summed E-state index contributed by atoms with van der Waals surface area (Å²) in [4.78, 5) is 8.65. The Kier molecular flexibility index (Phi) is 5.45. The van der Waals surface area contributed by atoms with Gasteiger partial charge in [0.15, 0.2) is 0 Å². The lowest BCUT2D eigenvalue weighted by molar-refractivity contribution is 1.00. The van der Waals surface area contributed by atoms with Crippen LogP contribution in [0.4, 0.5) is 17.5 Å². The molecule has 25 heavy (non-hydrogen) atoms. The highest BCUT2D eigenvalue weighted by molar-refractivity contribution is 6.30. The second-order valence-corrected chi connectivity index (χ2v) is 5.82. The van der Waals surface area contributed by atoms with Crippen LogP contribution < -0.4 is 10.6 Å². The highest BCUT2D eigenvalue weighted by Gasteiger charge is 2.01. The van der Waals surface area contributed by atoms with Gasteiger partial charge in [0.2, 0.25) is 5.95 Å². The molecule has 0 aliphatic carbocycles. The van der Waals surface area contributed by atoms with Gasteiger partial charge in [0.05, 0.1) is 11.6 Å². The van der Waals surface area contributed by atoms with Crippen molar-refractivity contribution in [1.82, 2.24) is 9.97 Å². The van der Waals surface area contributed by atoms with Gasteiger partial charge in [-0.15, -0.1) is 0 Å². The molecule has 0 unspecified atom stereocenters. The smallest absolute Gasteiger partial charge is 0.229 e. The molecule has 3 aromatic rings. The summed E-state index contributed by atoms with van der Waals surface area (Å²) in [6, 6.07) is 18.9. The van der Waals surface area contributed by atoms with Gasteiger partial charge in [-0.1, -0.05) is 23.7 Å². The average Bonchev–Trinajstić information content (AvgIpc) is 2.64. The maximum atomic E-state index is 8.82. The average molecular weight is 350 g/mol. The summed E-state index contributed by atoms with van der Waals surface area (Å²) < 4.78 is 0. The van der Waals surface area contributed by atoms with Crippen LogP contribution in [0.3, 0.4) is 0 Å². The zero-order chi connectivity index (χ0) is 17.5. The molecule has 2 aromatic carbocycles. The van der Waals surface area contributed by atoms with Crippen molar-refractivity contribution in [2.45, 2.75) is 6.42 Å². The number of nitriles is 1. The van der Waals surface area contributed by atoms with Gasteiger partial charge in [0.25, 0.3) is 0 Å². The van der Waals surface area contributed by atoms with E-state index >= 15 is 0 Å². The number of nitrogens with one attached hydrogen (secondary N) is 2. The fraction of sp³-hybridized carbons (Fsp3) is 0.105. The lowest BCUT2D eigenvalue weighted by Crippen LogP contribution is -2.07.